The van der Waals surface area contributed by atoms with Gasteiger partial charge in [-0.2, -0.15) is 0 Å². The standard InChI is InChI=1S/C22H19FN2O2S/c23-20-11-5-7-13-22(20)28(26,27)25-15-18(16-8-2-1-3-9-16)19-14-24-21-12-6-4-10-17(19)21/h1-14,18,24-25H,15H2/t18-/m0/s1. The Hall–Kier alpha value is -2.96. The molecule has 28 heavy (non-hydrogen) atoms. The molecule has 0 saturated carbocycles. The summed E-state index contributed by atoms with van der Waals surface area (Å²) in [6, 6.07) is 22.9. The molecule has 0 aliphatic rings. The predicted molar refractivity (Wildman–Crippen MR) is 108 cm³/mol. The van der Waals surface area contributed by atoms with Crippen LogP contribution >= 0.6 is 0 Å². The number of nitrogens with one attached hydrogen (secondary N) is 2. The van der Waals surface area contributed by atoms with Gasteiger partial charge in [-0.1, -0.05) is 60.7 Å². The van der Waals surface area contributed by atoms with Crippen molar-refractivity contribution < 1.29 is 12.8 Å². The van der Waals surface area contributed by atoms with Gasteiger partial charge in [-0.3, -0.25) is 0 Å². The van der Waals surface area contributed by atoms with Crippen LogP contribution < -0.4 is 4.72 Å². The van der Waals surface area contributed by atoms with Crippen LogP contribution in [-0.4, -0.2) is 19.9 Å². The predicted octanol–water partition coefficient (Wildman–Crippen LogP) is 4.42. The van der Waals surface area contributed by atoms with E-state index in [2.05, 4.69) is 9.71 Å². The van der Waals surface area contributed by atoms with Gasteiger partial charge in [-0.25, -0.2) is 17.5 Å². The maximum atomic E-state index is 14.0. The van der Waals surface area contributed by atoms with Crippen molar-refractivity contribution in [2.45, 2.75) is 10.8 Å². The van der Waals surface area contributed by atoms with E-state index < -0.39 is 15.8 Å². The van der Waals surface area contributed by atoms with Crippen LogP contribution in [0.1, 0.15) is 17.0 Å². The van der Waals surface area contributed by atoms with E-state index in [-0.39, 0.29) is 17.4 Å². The molecule has 0 saturated heterocycles. The van der Waals surface area contributed by atoms with Crippen molar-refractivity contribution in [2.24, 2.45) is 0 Å². The summed E-state index contributed by atoms with van der Waals surface area (Å²) in [4.78, 5) is 2.89. The number of benzene rings is 3. The van der Waals surface area contributed by atoms with E-state index in [1.807, 2.05) is 60.8 Å². The quantitative estimate of drug-likeness (QED) is 0.509. The average molecular weight is 394 g/mol. The zero-order valence-electron chi connectivity index (χ0n) is 15.0. The minimum absolute atomic E-state index is 0.114. The first-order valence-corrected chi connectivity index (χ1v) is 10.4. The fraction of sp³-hybridized carbons (Fsp3) is 0.0909. The molecule has 4 aromatic rings. The Balaban J connectivity index is 1.71. The lowest BCUT2D eigenvalue weighted by molar-refractivity contribution is 0.554. The van der Waals surface area contributed by atoms with E-state index in [4.69, 9.17) is 0 Å². The summed E-state index contributed by atoms with van der Waals surface area (Å²) in [7, 11) is -3.97. The molecule has 4 rings (SSSR count). The van der Waals surface area contributed by atoms with Crippen molar-refractivity contribution >= 4 is 20.9 Å². The Morgan fingerprint density at radius 3 is 2.36 bits per heavy atom. The largest absolute Gasteiger partial charge is 0.361 e. The zero-order chi connectivity index (χ0) is 19.6. The average Bonchev–Trinajstić information content (AvgIpc) is 3.13. The molecule has 0 fully saturated rings. The van der Waals surface area contributed by atoms with E-state index in [1.54, 1.807) is 0 Å². The molecule has 1 atom stereocenters. The Morgan fingerprint density at radius 2 is 1.57 bits per heavy atom. The number of aromatic amines is 1. The van der Waals surface area contributed by atoms with E-state index >= 15 is 0 Å². The number of para-hydroxylation sites is 1. The summed E-state index contributed by atoms with van der Waals surface area (Å²) in [5.74, 6) is -0.989. The molecule has 4 nitrogen and oxygen atoms in total. The van der Waals surface area contributed by atoms with Crippen LogP contribution in [0.2, 0.25) is 0 Å². The number of aromatic nitrogens is 1. The Morgan fingerprint density at radius 1 is 0.893 bits per heavy atom. The fourth-order valence-corrected chi connectivity index (χ4v) is 4.53. The number of fused-ring (bicyclic) bond motifs is 1. The van der Waals surface area contributed by atoms with Crippen LogP contribution in [0.25, 0.3) is 10.9 Å². The highest BCUT2D eigenvalue weighted by Crippen LogP contribution is 2.30. The van der Waals surface area contributed by atoms with Gasteiger partial charge in [0, 0.05) is 29.6 Å². The summed E-state index contributed by atoms with van der Waals surface area (Å²) >= 11 is 0. The number of hydrogen-bond acceptors (Lipinski definition) is 2. The van der Waals surface area contributed by atoms with Crippen molar-refractivity contribution in [1.82, 2.24) is 9.71 Å². The van der Waals surface area contributed by atoms with Gasteiger partial charge in [0.25, 0.3) is 0 Å². The second-order valence-corrected chi connectivity index (χ2v) is 8.27. The molecule has 0 bridgehead atoms. The summed E-state index contributed by atoms with van der Waals surface area (Å²) in [6.07, 6.45) is 1.90. The first-order chi connectivity index (χ1) is 13.6. The van der Waals surface area contributed by atoms with Gasteiger partial charge in [0.2, 0.25) is 10.0 Å². The SMILES string of the molecule is O=S(=O)(NC[C@@H](c1ccccc1)c1c[nH]c2ccccc12)c1ccccc1F. The van der Waals surface area contributed by atoms with Crippen LogP contribution in [0.15, 0.2) is 90.0 Å². The van der Waals surface area contributed by atoms with Crippen molar-refractivity contribution in [3.63, 3.8) is 0 Å². The molecular formula is C22H19FN2O2S. The van der Waals surface area contributed by atoms with Crippen molar-refractivity contribution in [2.75, 3.05) is 6.54 Å². The summed E-state index contributed by atoms with van der Waals surface area (Å²) < 4.78 is 41.9. The first kappa shape index (κ1) is 18.4. The smallest absolute Gasteiger partial charge is 0.243 e. The maximum Gasteiger partial charge on any atom is 0.243 e. The number of rotatable bonds is 6. The molecule has 0 radical (unpaired) electrons. The highest BCUT2D eigenvalue weighted by atomic mass is 32.2. The normalized spacial score (nSPS) is 12.9. The molecule has 0 amide bonds. The molecule has 0 aliphatic heterocycles. The third kappa shape index (κ3) is 3.56. The second-order valence-electron chi connectivity index (χ2n) is 6.54. The summed E-state index contributed by atoms with van der Waals surface area (Å²) in [5.41, 5.74) is 2.94. The highest BCUT2D eigenvalue weighted by Gasteiger charge is 2.23. The minimum Gasteiger partial charge on any atom is -0.361 e. The van der Waals surface area contributed by atoms with E-state index in [0.29, 0.717) is 0 Å². The van der Waals surface area contributed by atoms with Gasteiger partial charge in [0.05, 0.1) is 0 Å². The molecule has 1 aromatic heterocycles. The molecule has 0 unspecified atom stereocenters. The fourth-order valence-electron chi connectivity index (χ4n) is 3.41. The third-order valence-corrected chi connectivity index (χ3v) is 6.26. The Bertz CT molecular complexity index is 1200. The molecule has 0 spiro atoms. The van der Waals surface area contributed by atoms with Gasteiger partial charge < -0.3 is 4.98 Å². The van der Waals surface area contributed by atoms with Crippen LogP contribution in [-0.2, 0) is 10.0 Å². The number of sulfonamides is 1. The molecular weight excluding hydrogens is 375 g/mol. The minimum atomic E-state index is -3.97. The molecule has 2 N–H and O–H groups in total. The van der Waals surface area contributed by atoms with Gasteiger partial charge in [-0.15, -0.1) is 0 Å². The van der Waals surface area contributed by atoms with Crippen molar-refractivity contribution in [3.05, 3.63) is 102 Å². The first-order valence-electron chi connectivity index (χ1n) is 8.91. The van der Waals surface area contributed by atoms with E-state index in [1.165, 1.54) is 18.2 Å². The van der Waals surface area contributed by atoms with E-state index in [0.717, 1.165) is 28.1 Å². The molecule has 0 aliphatic carbocycles. The monoisotopic (exact) mass is 394 g/mol. The van der Waals surface area contributed by atoms with Crippen LogP contribution in [0.4, 0.5) is 4.39 Å². The van der Waals surface area contributed by atoms with Crippen molar-refractivity contribution in [1.29, 1.82) is 0 Å². The van der Waals surface area contributed by atoms with Crippen LogP contribution in [0.5, 0.6) is 0 Å². The number of halogens is 1. The topological polar surface area (TPSA) is 62.0 Å². The second kappa shape index (κ2) is 7.58. The van der Waals surface area contributed by atoms with Crippen LogP contribution in [0.3, 0.4) is 0 Å². The number of H-pyrrole nitrogens is 1. The molecule has 1 heterocycles. The third-order valence-electron chi connectivity index (χ3n) is 4.80. The van der Waals surface area contributed by atoms with Gasteiger partial charge >= 0.3 is 0 Å². The Labute approximate surface area is 163 Å². The van der Waals surface area contributed by atoms with Gasteiger partial charge in [0.1, 0.15) is 10.7 Å². The van der Waals surface area contributed by atoms with Crippen molar-refractivity contribution in [3.8, 4) is 0 Å². The molecule has 142 valence electrons. The highest BCUT2D eigenvalue weighted by molar-refractivity contribution is 7.89. The lowest BCUT2D eigenvalue weighted by atomic mass is 9.91. The summed E-state index contributed by atoms with van der Waals surface area (Å²) in [6.45, 7) is 0.114. The lowest BCUT2D eigenvalue weighted by Gasteiger charge is -2.18. The lowest BCUT2D eigenvalue weighted by Crippen LogP contribution is -2.29. The van der Waals surface area contributed by atoms with E-state index in [9.17, 15) is 12.8 Å². The maximum absolute atomic E-state index is 14.0. The number of hydrogen-bond donors (Lipinski definition) is 2. The molecule has 6 heteroatoms. The summed E-state index contributed by atoms with van der Waals surface area (Å²) in [5, 5.41) is 1.03. The Kier molecular flexibility index (Phi) is 4.98. The van der Waals surface area contributed by atoms with Gasteiger partial charge in [0.15, 0.2) is 0 Å². The zero-order valence-corrected chi connectivity index (χ0v) is 15.8. The van der Waals surface area contributed by atoms with Gasteiger partial charge in [-0.05, 0) is 29.3 Å². The van der Waals surface area contributed by atoms with Crippen LogP contribution in [0, 0.1) is 5.82 Å². The molecule has 3 aromatic carbocycles.